The Bertz CT molecular complexity index is 1080. The molecule has 2 aromatic carbocycles. The van der Waals surface area contributed by atoms with Crippen molar-refractivity contribution in [1.29, 1.82) is 0 Å². The maximum atomic E-state index is 12.2. The van der Waals surface area contributed by atoms with Crippen LogP contribution in [0.4, 0.5) is 0 Å². The van der Waals surface area contributed by atoms with Gasteiger partial charge in [0.2, 0.25) is 15.9 Å². The summed E-state index contributed by atoms with van der Waals surface area (Å²) in [7, 11) is -2.02. The predicted molar refractivity (Wildman–Crippen MR) is 114 cm³/mol. The molecule has 3 aromatic rings. The lowest BCUT2D eigenvalue weighted by atomic mass is 10.2. The molecule has 6 nitrogen and oxygen atoms in total. The summed E-state index contributed by atoms with van der Waals surface area (Å²) < 4.78 is 37.7. The highest BCUT2D eigenvalue weighted by Crippen LogP contribution is 2.22. The van der Waals surface area contributed by atoms with Gasteiger partial charge in [0.25, 0.3) is 0 Å². The molecule has 0 aliphatic heterocycles. The Morgan fingerprint density at radius 1 is 1.03 bits per heavy atom. The van der Waals surface area contributed by atoms with Crippen LogP contribution in [0.5, 0.6) is 17.4 Å². The third-order valence-electron chi connectivity index (χ3n) is 3.87. The number of rotatable bonds is 8. The number of halogens is 1. The molecule has 1 heterocycles. The zero-order chi connectivity index (χ0) is 20.7. The van der Waals surface area contributed by atoms with Gasteiger partial charge in [0.1, 0.15) is 11.5 Å². The minimum Gasteiger partial charge on any atom is -0.497 e. The Hall–Kier alpha value is -2.87. The number of nitrogens with one attached hydrogen (secondary N) is 1. The SMILES string of the molecule is COc1ccc(Oc2cc(CNS(=O)(=O)/C=C/c3ccc(Cl)cc3)ccn2)cc1. The monoisotopic (exact) mass is 430 g/mol. The van der Waals surface area contributed by atoms with Crippen molar-refractivity contribution in [3.63, 3.8) is 0 Å². The van der Waals surface area contributed by atoms with Crippen LogP contribution in [0, 0.1) is 0 Å². The van der Waals surface area contributed by atoms with E-state index in [0.29, 0.717) is 22.2 Å². The van der Waals surface area contributed by atoms with Gasteiger partial charge in [-0.15, -0.1) is 0 Å². The van der Waals surface area contributed by atoms with Gasteiger partial charge in [0.05, 0.1) is 7.11 Å². The molecule has 1 N–H and O–H groups in total. The zero-order valence-electron chi connectivity index (χ0n) is 15.6. The molecule has 0 fully saturated rings. The van der Waals surface area contributed by atoms with E-state index >= 15 is 0 Å². The normalized spacial score (nSPS) is 11.5. The Morgan fingerprint density at radius 3 is 2.41 bits per heavy atom. The summed E-state index contributed by atoms with van der Waals surface area (Å²) in [5.41, 5.74) is 1.45. The second-order valence-electron chi connectivity index (χ2n) is 6.00. The number of sulfonamides is 1. The van der Waals surface area contributed by atoms with Crippen molar-refractivity contribution in [1.82, 2.24) is 9.71 Å². The van der Waals surface area contributed by atoms with Crippen molar-refractivity contribution in [3.05, 3.63) is 88.4 Å². The Labute approximate surface area is 174 Å². The van der Waals surface area contributed by atoms with E-state index in [2.05, 4.69) is 9.71 Å². The van der Waals surface area contributed by atoms with Crippen LogP contribution in [0.2, 0.25) is 5.02 Å². The number of nitrogens with zero attached hydrogens (tertiary/aromatic N) is 1. The molecular formula is C21H19ClN2O4S. The number of benzene rings is 2. The van der Waals surface area contributed by atoms with E-state index in [1.54, 1.807) is 74.0 Å². The third kappa shape index (κ3) is 6.60. The van der Waals surface area contributed by atoms with Crippen LogP contribution in [0.25, 0.3) is 6.08 Å². The Balaban J connectivity index is 1.61. The van der Waals surface area contributed by atoms with E-state index in [-0.39, 0.29) is 6.54 Å². The van der Waals surface area contributed by atoms with Gasteiger partial charge in [-0.2, -0.15) is 0 Å². The maximum Gasteiger partial charge on any atom is 0.234 e. The number of aromatic nitrogens is 1. The smallest absolute Gasteiger partial charge is 0.234 e. The first-order valence-electron chi connectivity index (χ1n) is 8.64. The fourth-order valence-corrected chi connectivity index (χ4v) is 3.28. The lowest BCUT2D eigenvalue weighted by molar-refractivity contribution is 0.412. The molecule has 0 saturated carbocycles. The van der Waals surface area contributed by atoms with E-state index in [4.69, 9.17) is 21.1 Å². The Kier molecular flexibility index (Phi) is 6.87. The van der Waals surface area contributed by atoms with Crippen molar-refractivity contribution < 1.29 is 17.9 Å². The fourth-order valence-electron chi connectivity index (χ4n) is 2.35. The number of pyridine rings is 1. The van der Waals surface area contributed by atoms with Crippen LogP contribution in [-0.2, 0) is 16.6 Å². The summed E-state index contributed by atoms with van der Waals surface area (Å²) in [6, 6.07) is 17.3. The highest BCUT2D eigenvalue weighted by Gasteiger charge is 2.07. The molecule has 0 saturated heterocycles. The minimum absolute atomic E-state index is 0.106. The second kappa shape index (κ2) is 9.56. The van der Waals surface area contributed by atoms with Gasteiger partial charge in [0.15, 0.2) is 0 Å². The number of hydrogen-bond acceptors (Lipinski definition) is 5. The molecule has 1 aromatic heterocycles. The van der Waals surface area contributed by atoms with Gasteiger partial charge in [0, 0.05) is 29.2 Å². The van der Waals surface area contributed by atoms with Crippen molar-refractivity contribution in [2.45, 2.75) is 6.54 Å². The van der Waals surface area contributed by atoms with Crippen LogP contribution < -0.4 is 14.2 Å². The summed E-state index contributed by atoms with van der Waals surface area (Å²) in [5.74, 6) is 1.69. The van der Waals surface area contributed by atoms with Gasteiger partial charge in [-0.25, -0.2) is 18.1 Å². The predicted octanol–water partition coefficient (Wildman–Crippen LogP) is 4.63. The third-order valence-corrected chi connectivity index (χ3v) is 5.16. The van der Waals surface area contributed by atoms with Gasteiger partial charge >= 0.3 is 0 Å². The highest BCUT2D eigenvalue weighted by atomic mass is 35.5. The van der Waals surface area contributed by atoms with E-state index in [1.807, 2.05) is 0 Å². The van der Waals surface area contributed by atoms with E-state index in [0.717, 1.165) is 16.7 Å². The van der Waals surface area contributed by atoms with Crippen molar-refractivity contribution >= 4 is 27.7 Å². The van der Waals surface area contributed by atoms with Crippen LogP contribution in [-0.4, -0.2) is 20.5 Å². The van der Waals surface area contributed by atoms with Crippen molar-refractivity contribution in [2.75, 3.05) is 7.11 Å². The number of hydrogen-bond donors (Lipinski definition) is 1. The first-order chi connectivity index (χ1) is 13.9. The molecule has 0 spiro atoms. The van der Waals surface area contributed by atoms with Crippen LogP contribution in [0.1, 0.15) is 11.1 Å². The van der Waals surface area contributed by atoms with E-state index in [1.165, 1.54) is 6.08 Å². The molecule has 29 heavy (non-hydrogen) atoms. The summed E-state index contributed by atoms with van der Waals surface area (Å²) in [4.78, 5) is 4.15. The van der Waals surface area contributed by atoms with Gasteiger partial charge in [-0.05, 0) is 59.7 Å². The molecule has 0 unspecified atom stereocenters. The zero-order valence-corrected chi connectivity index (χ0v) is 17.2. The largest absolute Gasteiger partial charge is 0.497 e. The molecule has 0 radical (unpaired) electrons. The van der Waals surface area contributed by atoms with Gasteiger partial charge in [-0.3, -0.25) is 0 Å². The van der Waals surface area contributed by atoms with Crippen LogP contribution >= 0.6 is 11.6 Å². The van der Waals surface area contributed by atoms with Crippen LogP contribution in [0.3, 0.4) is 0 Å². The van der Waals surface area contributed by atoms with Crippen molar-refractivity contribution in [2.24, 2.45) is 0 Å². The summed E-state index contributed by atoms with van der Waals surface area (Å²) in [6.45, 7) is 0.106. The summed E-state index contributed by atoms with van der Waals surface area (Å²) in [6.07, 6.45) is 3.06. The number of ether oxygens (including phenoxy) is 2. The van der Waals surface area contributed by atoms with Crippen LogP contribution in [0.15, 0.2) is 72.3 Å². The minimum atomic E-state index is -3.61. The first kappa shape index (κ1) is 20.9. The average molecular weight is 431 g/mol. The fraction of sp³-hybridized carbons (Fsp3) is 0.0952. The lowest BCUT2D eigenvalue weighted by Crippen LogP contribution is -2.20. The van der Waals surface area contributed by atoms with Gasteiger partial charge in [-0.1, -0.05) is 23.7 Å². The molecular weight excluding hydrogens is 412 g/mol. The van der Waals surface area contributed by atoms with Gasteiger partial charge < -0.3 is 9.47 Å². The number of methoxy groups -OCH3 is 1. The van der Waals surface area contributed by atoms with E-state index < -0.39 is 10.0 Å². The van der Waals surface area contributed by atoms with E-state index in [9.17, 15) is 8.42 Å². The second-order valence-corrected chi connectivity index (χ2v) is 8.09. The summed E-state index contributed by atoms with van der Waals surface area (Å²) >= 11 is 5.82. The maximum absolute atomic E-state index is 12.2. The lowest BCUT2D eigenvalue weighted by Gasteiger charge is -2.08. The highest BCUT2D eigenvalue weighted by molar-refractivity contribution is 7.92. The standard InChI is InChI=1S/C21H19ClN2O4S/c1-27-19-6-8-20(9-7-19)28-21-14-17(10-12-23-21)15-24-29(25,26)13-11-16-2-4-18(22)5-3-16/h2-14,24H,15H2,1H3/b13-11+. The molecule has 8 heteroatoms. The summed E-state index contributed by atoms with van der Waals surface area (Å²) in [5, 5.41) is 1.71. The molecule has 0 bridgehead atoms. The molecule has 0 aliphatic carbocycles. The molecule has 0 amide bonds. The Morgan fingerprint density at radius 2 is 1.72 bits per heavy atom. The molecule has 150 valence electrons. The van der Waals surface area contributed by atoms with Crippen molar-refractivity contribution in [3.8, 4) is 17.4 Å². The topological polar surface area (TPSA) is 77.5 Å². The quantitative estimate of drug-likeness (QED) is 0.564. The molecule has 3 rings (SSSR count). The molecule has 0 aliphatic rings. The molecule has 0 atom stereocenters. The first-order valence-corrected chi connectivity index (χ1v) is 10.6. The average Bonchev–Trinajstić information content (AvgIpc) is 2.73.